The smallest absolute Gasteiger partial charge is 0.225 e. The van der Waals surface area contributed by atoms with Gasteiger partial charge in [-0.3, -0.25) is 9.89 Å². The number of rotatable bonds is 8. The van der Waals surface area contributed by atoms with Crippen LogP contribution in [0.1, 0.15) is 23.8 Å². The first kappa shape index (κ1) is 23.5. The van der Waals surface area contributed by atoms with Gasteiger partial charge in [0.1, 0.15) is 22.7 Å². The molecule has 184 valence electrons. The molecule has 1 amide bonds. The van der Waals surface area contributed by atoms with Crippen LogP contribution in [0.15, 0.2) is 24.7 Å². The van der Waals surface area contributed by atoms with Gasteiger partial charge in [0.05, 0.1) is 42.1 Å². The summed E-state index contributed by atoms with van der Waals surface area (Å²) >= 11 is 1.60. The maximum atomic E-state index is 12.9. The van der Waals surface area contributed by atoms with E-state index in [1.165, 1.54) is 10.5 Å². The second-order valence-corrected chi connectivity index (χ2v) is 9.85. The zero-order valence-corrected chi connectivity index (χ0v) is 20.4. The molecule has 10 nitrogen and oxygen atoms in total. The highest BCUT2D eigenvalue weighted by molar-refractivity contribution is 7.19. The summed E-state index contributed by atoms with van der Waals surface area (Å²) in [5.74, 6) is 1.24. The predicted molar refractivity (Wildman–Crippen MR) is 134 cm³/mol. The zero-order valence-electron chi connectivity index (χ0n) is 19.6. The van der Waals surface area contributed by atoms with Crippen molar-refractivity contribution in [2.24, 2.45) is 5.92 Å². The topological polar surface area (TPSA) is 136 Å². The quantitative estimate of drug-likeness (QED) is 0.292. The minimum absolute atomic E-state index is 0.0141. The Kier molecular flexibility index (Phi) is 6.54. The van der Waals surface area contributed by atoms with E-state index in [0.29, 0.717) is 31.0 Å². The molecule has 2 atom stereocenters. The number of H-pyrrole nitrogens is 1. The molecule has 5 rings (SSSR count). The first-order valence-corrected chi connectivity index (χ1v) is 12.5. The minimum Gasteiger partial charge on any atom is -0.492 e. The number of carbonyl (C=O) groups excluding carboxylic acids is 1. The fourth-order valence-electron chi connectivity index (χ4n) is 4.66. The normalized spacial score (nSPS) is 16.3. The number of aryl methyl sites for hydroxylation is 1. The molecule has 11 heteroatoms. The number of nitrogens with zero attached hydrogens (tertiary/aromatic N) is 4. The first-order chi connectivity index (χ1) is 17.0. The summed E-state index contributed by atoms with van der Waals surface area (Å²) in [7, 11) is 1.67. The number of likely N-dealkylation sites (N-methyl/N-ethyl adjacent to an activating group) is 1. The number of aromatic nitrogens is 4. The van der Waals surface area contributed by atoms with Gasteiger partial charge in [0.25, 0.3) is 0 Å². The molecule has 35 heavy (non-hydrogen) atoms. The van der Waals surface area contributed by atoms with Crippen LogP contribution in [-0.2, 0) is 17.6 Å². The minimum atomic E-state index is -0.931. The summed E-state index contributed by atoms with van der Waals surface area (Å²) in [6, 6.07) is 3.91. The lowest BCUT2D eigenvalue weighted by atomic mass is 9.87. The van der Waals surface area contributed by atoms with Crippen molar-refractivity contribution >= 4 is 49.9 Å². The van der Waals surface area contributed by atoms with Crippen LogP contribution >= 0.6 is 11.3 Å². The number of carbonyl (C=O) groups is 1. The van der Waals surface area contributed by atoms with Crippen LogP contribution in [-0.4, -0.2) is 74.1 Å². The average Bonchev–Trinajstić information content (AvgIpc) is 3.47. The molecule has 0 saturated heterocycles. The molecule has 0 radical (unpaired) electrons. The van der Waals surface area contributed by atoms with Gasteiger partial charge in [-0.05, 0) is 37.8 Å². The molecule has 1 aliphatic carbocycles. The van der Waals surface area contributed by atoms with Gasteiger partial charge < -0.3 is 25.2 Å². The number of nitrogens with one attached hydrogen (secondary N) is 2. The van der Waals surface area contributed by atoms with Gasteiger partial charge in [-0.1, -0.05) is 0 Å². The highest BCUT2D eigenvalue weighted by Gasteiger charge is 2.31. The molecule has 3 aromatic heterocycles. The van der Waals surface area contributed by atoms with Crippen LogP contribution in [0.25, 0.3) is 21.1 Å². The van der Waals surface area contributed by atoms with Crippen molar-refractivity contribution in [2.75, 3.05) is 32.1 Å². The van der Waals surface area contributed by atoms with E-state index in [4.69, 9.17) is 9.84 Å². The van der Waals surface area contributed by atoms with Gasteiger partial charge in [0.15, 0.2) is 0 Å². The number of fused-ring (bicyclic) bond motifs is 4. The van der Waals surface area contributed by atoms with Gasteiger partial charge in [0.2, 0.25) is 5.91 Å². The number of anilines is 2. The second kappa shape index (κ2) is 9.76. The molecular weight excluding hydrogens is 468 g/mol. The summed E-state index contributed by atoms with van der Waals surface area (Å²) in [5, 5.41) is 31.3. The molecular formula is C24H28N6O4S. The maximum Gasteiger partial charge on any atom is 0.225 e. The molecule has 0 fully saturated rings. The monoisotopic (exact) mass is 496 g/mol. The Morgan fingerprint density at radius 2 is 2.26 bits per heavy atom. The molecule has 0 bridgehead atoms. The van der Waals surface area contributed by atoms with E-state index in [1.807, 2.05) is 19.1 Å². The number of aromatic amines is 1. The second-order valence-electron chi connectivity index (χ2n) is 8.76. The summed E-state index contributed by atoms with van der Waals surface area (Å²) in [6.45, 7) is 2.23. The summed E-state index contributed by atoms with van der Waals surface area (Å²) < 4.78 is 5.86. The standard InChI is InChI=1S/C24H28N6O4S/c1-3-34-19-8-17-14(9-27-29-17)6-18(19)28-22-21-16-5-4-13(24(33)30(2)10-15(32)11-31)7-20(16)35-23(21)26-12-25-22/h6,8-9,12-13,15,31-32H,3-5,7,10-11H2,1-2H3,(H,27,29)(H,25,26,28). The van der Waals surface area contributed by atoms with Crippen LogP contribution in [0.2, 0.25) is 0 Å². The van der Waals surface area contributed by atoms with Crippen LogP contribution in [0.3, 0.4) is 0 Å². The van der Waals surface area contributed by atoms with E-state index < -0.39 is 6.10 Å². The molecule has 0 saturated carbocycles. The van der Waals surface area contributed by atoms with E-state index in [-0.39, 0.29) is 25.0 Å². The fraction of sp³-hybridized carbons (Fsp3) is 0.417. The van der Waals surface area contributed by atoms with Crippen LogP contribution in [0.5, 0.6) is 5.75 Å². The molecule has 3 heterocycles. The van der Waals surface area contributed by atoms with Gasteiger partial charge >= 0.3 is 0 Å². The SMILES string of the molecule is CCOc1cc2[nH]ncc2cc1Nc1ncnc2sc3c(c12)CCC(C(=O)N(C)CC(O)CO)C3. The molecule has 0 spiro atoms. The number of hydrogen-bond acceptors (Lipinski definition) is 9. The lowest BCUT2D eigenvalue weighted by Crippen LogP contribution is -2.40. The average molecular weight is 497 g/mol. The Bertz CT molecular complexity index is 1370. The van der Waals surface area contributed by atoms with Crippen molar-refractivity contribution in [3.8, 4) is 5.75 Å². The Labute approximate surface area is 206 Å². The van der Waals surface area contributed by atoms with Gasteiger partial charge in [-0.2, -0.15) is 5.10 Å². The number of benzene rings is 1. The molecule has 1 aliphatic rings. The largest absolute Gasteiger partial charge is 0.492 e. The van der Waals surface area contributed by atoms with E-state index in [9.17, 15) is 9.90 Å². The fourth-order valence-corrected chi connectivity index (χ4v) is 5.93. The number of hydrogen-bond donors (Lipinski definition) is 4. The van der Waals surface area contributed by atoms with Crippen molar-refractivity contribution in [3.05, 3.63) is 35.1 Å². The third-order valence-electron chi connectivity index (χ3n) is 6.36. The third-order valence-corrected chi connectivity index (χ3v) is 7.52. The Morgan fingerprint density at radius 3 is 3.06 bits per heavy atom. The summed E-state index contributed by atoms with van der Waals surface area (Å²) in [6.07, 6.45) is 4.46. The number of amides is 1. The number of aliphatic hydroxyl groups excluding tert-OH is 2. The van der Waals surface area contributed by atoms with Crippen LogP contribution in [0.4, 0.5) is 11.5 Å². The number of ether oxygens (including phenoxy) is 1. The molecule has 4 N–H and O–H groups in total. The Hall–Kier alpha value is -3.28. The van der Waals surface area contributed by atoms with Crippen molar-refractivity contribution in [3.63, 3.8) is 0 Å². The Balaban J connectivity index is 1.44. The molecule has 2 unspecified atom stereocenters. The molecule has 4 aromatic rings. The number of thiophene rings is 1. The predicted octanol–water partition coefficient (Wildman–Crippen LogP) is 2.63. The van der Waals surface area contributed by atoms with Crippen LogP contribution in [0, 0.1) is 5.92 Å². The third kappa shape index (κ3) is 4.54. The highest BCUT2D eigenvalue weighted by Crippen LogP contribution is 2.42. The van der Waals surface area contributed by atoms with Gasteiger partial charge in [-0.15, -0.1) is 11.3 Å². The zero-order chi connectivity index (χ0) is 24.5. The first-order valence-electron chi connectivity index (χ1n) is 11.6. The van der Waals surface area contributed by atoms with E-state index in [0.717, 1.165) is 38.1 Å². The van der Waals surface area contributed by atoms with Crippen molar-refractivity contribution in [1.29, 1.82) is 0 Å². The van der Waals surface area contributed by atoms with Gasteiger partial charge in [-0.25, -0.2) is 9.97 Å². The molecule has 0 aliphatic heterocycles. The summed E-state index contributed by atoms with van der Waals surface area (Å²) in [4.78, 5) is 25.5. The molecule has 1 aromatic carbocycles. The van der Waals surface area contributed by atoms with Crippen molar-refractivity contribution < 1.29 is 19.7 Å². The maximum absolute atomic E-state index is 12.9. The lowest BCUT2D eigenvalue weighted by Gasteiger charge is -2.27. The summed E-state index contributed by atoms with van der Waals surface area (Å²) in [5.41, 5.74) is 2.87. The lowest BCUT2D eigenvalue weighted by molar-refractivity contribution is -0.136. The van der Waals surface area contributed by atoms with E-state index in [2.05, 4.69) is 25.5 Å². The van der Waals surface area contributed by atoms with E-state index >= 15 is 0 Å². The number of aliphatic hydroxyl groups is 2. The van der Waals surface area contributed by atoms with Crippen molar-refractivity contribution in [2.45, 2.75) is 32.3 Å². The van der Waals surface area contributed by atoms with Gasteiger partial charge in [0, 0.05) is 35.8 Å². The highest BCUT2D eigenvalue weighted by atomic mass is 32.1. The Morgan fingerprint density at radius 1 is 1.40 bits per heavy atom. The van der Waals surface area contributed by atoms with Crippen LogP contribution < -0.4 is 10.1 Å². The van der Waals surface area contributed by atoms with Crippen molar-refractivity contribution in [1.82, 2.24) is 25.1 Å². The van der Waals surface area contributed by atoms with E-state index in [1.54, 1.807) is 30.9 Å².